The molecule has 0 aliphatic heterocycles. The number of nitro benzene ring substituents is 1. The lowest BCUT2D eigenvalue weighted by Gasteiger charge is -2.09. The molecule has 0 spiro atoms. The molecule has 0 heterocycles. The van der Waals surface area contributed by atoms with Crippen molar-refractivity contribution in [2.45, 2.75) is 4.90 Å². The maximum Gasteiger partial charge on any atom is 0.321 e. The third-order valence-electron chi connectivity index (χ3n) is 2.82. The van der Waals surface area contributed by atoms with E-state index in [1.54, 1.807) is 0 Å². The summed E-state index contributed by atoms with van der Waals surface area (Å²) in [5, 5.41) is 10.8. The summed E-state index contributed by atoms with van der Waals surface area (Å²) in [5.74, 6) is -2.51. The first-order valence-corrected chi connectivity index (χ1v) is 7.50. The van der Waals surface area contributed by atoms with E-state index in [1.165, 1.54) is 25.3 Å². The van der Waals surface area contributed by atoms with Gasteiger partial charge in [0.15, 0.2) is 11.5 Å². The fraction of sp³-hybridized carbons (Fsp3) is 0.133. The average Bonchev–Trinajstić information content (AvgIpc) is 2.53. The number of carbonyl (C=O) groups excluding carboxylic acids is 1. The lowest BCUT2D eigenvalue weighted by molar-refractivity contribution is -0.384. The Bertz CT molecular complexity index is 784. The Morgan fingerprint density at radius 2 is 1.96 bits per heavy atom. The molecular weight excluding hydrogens is 344 g/mol. The second kappa shape index (κ2) is 7.73. The van der Waals surface area contributed by atoms with Gasteiger partial charge in [0, 0.05) is 17.0 Å². The zero-order chi connectivity index (χ0) is 17.7. The van der Waals surface area contributed by atoms with Gasteiger partial charge in [-0.05, 0) is 18.2 Å². The van der Waals surface area contributed by atoms with Gasteiger partial charge in [-0.2, -0.15) is 0 Å². The monoisotopic (exact) mass is 355 g/mol. The largest absolute Gasteiger partial charge is 0.493 e. The number of hydrogen-bond acceptors (Lipinski definition) is 6. The van der Waals surface area contributed by atoms with Crippen LogP contribution in [0.1, 0.15) is 0 Å². The minimum atomic E-state index is -0.791. The summed E-state index contributed by atoms with van der Waals surface area (Å²) in [7, 11) is 1.32. The predicted octanol–water partition coefficient (Wildman–Crippen LogP) is 3.58. The van der Waals surface area contributed by atoms with Crippen LogP contribution >= 0.6 is 11.8 Å². The number of nitro groups is 1. The number of thioether (sulfide) groups is 1. The molecule has 0 aliphatic carbocycles. The summed E-state index contributed by atoms with van der Waals surface area (Å²) in [6, 6.07) is 6.54. The number of ether oxygens (including phenoxy) is 2. The summed E-state index contributed by atoms with van der Waals surface area (Å²) in [4.78, 5) is 22.1. The average molecular weight is 355 g/mol. The first kappa shape index (κ1) is 17.7. The Labute approximate surface area is 139 Å². The third-order valence-corrected chi connectivity index (χ3v) is 3.84. The predicted molar refractivity (Wildman–Crippen MR) is 82.4 cm³/mol. The minimum absolute atomic E-state index is 0.0827. The van der Waals surface area contributed by atoms with E-state index in [2.05, 4.69) is 0 Å². The Kier molecular flexibility index (Phi) is 5.69. The van der Waals surface area contributed by atoms with Crippen molar-refractivity contribution in [1.82, 2.24) is 0 Å². The Balaban J connectivity index is 2.06. The molecule has 2 aromatic rings. The van der Waals surface area contributed by atoms with Crippen LogP contribution in [0.2, 0.25) is 0 Å². The van der Waals surface area contributed by atoms with Gasteiger partial charge in [-0.15, -0.1) is 11.8 Å². The summed E-state index contributed by atoms with van der Waals surface area (Å²) < 4.78 is 36.3. The first-order valence-electron chi connectivity index (χ1n) is 6.51. The number of methoxy groups -OCH3 is 1. The fourth-order valence-electron chi connectivity index (χ4n) is 1.74. The Morgan fingerprint density at radius 1 is 1.21 bits per heavy atom. The van der Waals surface area contributed by atoms with Crippen molar-refractivity contribution in [1.29, 1.82) is 0 Å². The van der Waals surface area contributed by atoms with E-state index in [0.29, 0.717) is 6.07 Å². The highest BCUT2D eigenvalue weighted by Gasteiger charge is 2.16. The van der Waals surface area contributed by atoms with Gasteiger partial charge >= 0.3 is 5.97 Å². The van der Waals surface area contributed by atoms with Crippen molar-refractivity contribution >= 4 is 23.4 Å². The van der Waals surface area contributed by atoms with E-state index in [0.717, 1.165) is 23.9 Å². The molecule has 0 atom stereocenters. The molecule has 6 nitrogen and oxygen atoms in total. The highest BCUT2D eigenvalue weighted by molar-refractivity contribution is 8.00. The molecule has 0 aromatic heterocycles. The standard InChI is InChI=1S/C15H11F2NO5S/c1-22-12-4-3-10(18(20)21)7-13(12)23-15(19)8-24-14-5-2-9(16)6-11(14)17/h2-7H,8H2,1H3. The number of non-ortho nitro benzene ring substituents is 1. The molecule has 0 fully saturated rings. The van der Waals surface area contributed by atoms with E-state index in [4.69, 9.17) is 9.47 Å². The Morgan fingerprint density at radius 3 is 2.58 bits per heavy atom. The van der Waals surface area contributed by atoms with Crippen molar-refractivity contribution in [3.05, 3.63) is 58.1 Å². The number of rotatable bonds is 6. The summed E-state index contributed by atoms with van der Waals surface area (Å²) in [5.41, 5.74) is -0.268. The van der Waals surface area contributed by atoms with E-state index in [-0.39, 0.29) is 27.8 Å². The van der Waals surface area contributed by atoms with Gasteiger partial charge in [0.05, 0.1) is 23.9 Å². The second-order valence-electron chi connectivity index (χ2n) is 4.43. The molecule has 0 N–H and O–H groups in total. The molecule has 9 heteroatoms. The van der Waals surface area contributed by atoms with Crippen LogP contribution in [-0.4, -0.2) is 23.8 Å². The zero-order valence-corrected chi connectivity index (χ0v) is 13.1. The van der Waals surface area contributed by atoms with Gasteiger partial charge in [0.2, 0.25) is 0 Å². The van der Waals surface area contributed by atoms with E-state index >= 15 is 0 Å². The molecule has 126 valence electrons. The number of hydrogen-bond donors (Lipinski definition) is 0. The maximum atomic E-state index is 13.5. The van der Waals surface area contributed by atoms with Gasteiger partial charge in [0.25, 0.3) is 5.69 Å². The third kappa shape index (κ3) is 4.42. The van der Waals surface area contributed by atoms with E-state index in [1.807, 2.05) is 0 Å². The summed E-state index contributed by atoms with van der Waals surface area (Å²) in [6.07, 6.45) is 0. The van der Waals surface area contributed by atoms with Gasteiger partial charge in [-0.25, -0.2) is 8.78 Å². The van der Waals surface area contributed by atoms with Crippen LogP contribution in [0, 0.1) is 21.7 Å². The van der Waals surface area contributed by atoms with Crippen LogP contribution < -0.4 is 9.47 Å². The van der Waals surface area contributed by atoms with Crippen molar-refractivity contribution in [3.8, 4) is 11.5 Å². The molecule has 0 amide bonds. The molecule has 0 aliphatic rings. The number of esters is 1. The molecule has 24 heavy (non-hydrogen) atoms. The summed E-state index contributed by atoms with van der Waals surface area (Å²) in [6.45, 7) is 0. The molecule has 2 rings (SSSR count). The van der Waals surface area contributed by atoms with Crippen LogP contribution in [-0.2, 0) is 4.79 Å². The smallest absolute Gasteiger partial charge is 0.321 e. The molecular formula is C15H11F2NO5S. The van der Waals surface area contributed by atoms with Crippen LogP contribution in [0.4, 0.5) is 14.5 Å². The highest BCUT2D eigenvalue weighted by Crippen LogP contribution is 2.32. The SMILES string of the molecule is COc1ccc([N+](=O)[O-])cc1OC(=O)CSc1ccc(F)cc1F. The van der Waals surface area contributed by atoms with Crippen LogP contribution in [0.5, 0.6) is 11.5 Å². The van der Waals surface area contributed by atoms with Crippen molar-refractivity contribution in [3.63, 3.8) is 0 Å². The molecule has 0 radical (unpaired) electrons. The van der Waals surface area contributed by atoms with Crippen LogP contribution in [0.15, 0.2) is 41.3 Å². The lowest BCUT2D eigenvalue weighted by Crippen LogP contribution is -2.11. The normalized spacial score (nSPS) is 10.3. The zero-order valence-electron chi connectivity index (χ0n) is 12.3. The van der Waals surface area contributed by atoms with Crippen LogP contribution in [0.3, 0.4) is 0 Å². The fourth-order valence-corrected chi connectivity index (χ4v) is 2.43. The molecule has 0 saturated carbocycles. The van der Waals surface area contributed by atoms with Gasteiger partial charge in [-0.1, -0.05) is 0 Å². The second-order valence-corrected chi connectivity index (χ2v) is 5.45. The molecule has 0 unspecified atom stereocenters. The van der Waals surface area contributed by atoms with E-state index < -0.39 is 22.5 Å². The lowest BCUT2D eigenvalue weighted by atomic mass is 10.3. The number of nitrogens with zero attached hydrogens (tertiary/aromatic N) is 1. The van der Waals surface area contributed by atoms with Crippen molar-refractivity contribution < 1.29 is 28.0 Å². The van der Waals surface area contributed by atoms with E-state index in [9.17, 15) is 23.7 Å². The molecule has 0 bridgehead atoms. The highest BCUT2D eigenvalue weighted by atomic mass is 32.2. The quantitative estimate of drug-likeness (QED) is 0.259. The number of halogens is 2. The number of carbonyl (C=O) groups is 1. The minimum Gasteiger partial charge on any atom is -0.493 e. The van der Waals surface area contributed by atoms with Crippen molar-refractivity contribution in [2.75, 3.05) is 12.9 Å². The van der Waals surface area contributed by atoms with Gasteiger partial charge in [-0.3, -0.25) is 14.9 Å². The maximum absolute atomic E-state index is 13.5. The molecule has 0 saturated heterocycles. The molecule has 2 aromatic carbocycles. The first-order chi connectivity index (χ1) is 11.4. The topological polar surface area (TPSA) is 78.7 Å². The van der Waals surface area contributed by atoms with Crippen LogP contribution in [0.25, 0.3) is 0 Å². The van der Waals surface area contributed by atoms with Gasteiger partial charge in [0.1, 0.15) is 11.6 Å². The number of benzene rings is 2. The summed E-state index contributed by atoms with van der Waals surface area (Å²) >= 11 is 0.816. The Hall–Kier alpha value is -2.68. The van der Waals surface area contributed by atoms with Crippen molar-refractivity contribution in [2.24, 2.45) is 0 Å². The van der Waals surface area contributed by atoms with Gasteiger partial charge < -0.3 is 9.47 Å².